The number of benzene rings is 1. The Bertz CT molecular complexity index is 628. The summed E-state index contributed by atoms with van der Waals surface area (Å²) in [6.07, 6.45) is 0.817. The van der Waals surface area contributed by atoms with Crippen molar-refractivity contribution in [3.05, 3.63) is 50.6 Å². The van der Waals surface area contributed by atoms with Crippen LogP contribution in [0.1, 0.15) is 10.4 Å². The van der Waals surface area contributed by atoms with Crippen LogP contribution in [0, 0.1) is 0 Å². The molecule has 0 aliphatic carbocycles. The van der Waals surface area contributed by atoms with Crippen molar-refractivity contribution in [2.24, 2.45) is 0 Å². The summed E-state index contributed by atoms with van der Waals surface area (Å²) in [5.74, 6) is 0.899. The standard InChI is InChI=1S/C17H21BrN2O2S/c1-20(10-16-9-14(18)12-23-16)11-17(21)19-8-7-13-3-5-15(22-2)6-4-13/h3-6,9,12H,7-8,10-11H2,1-2H3,(H,19,21). The van der Waals surface area contributed by atoms with Crippen LogP contribution in [0.15, 0.2) is 40.2 Å². The number of likely N-dealkylation sites (N-methyl/N-ethyl adjacent to an activating group) is 1. The van der Waals surface area contributed by atoms with Gasteiger partial charge >= 0.3 is 0 Å². The first-order valence-corrected chi connectivity index (χ1v) is 9.05. The minimum atomic E-state index is 0.0524. The van der Waals surface area contributed by atoms with Crippen molar-refractivity contribution in [2.45, 2.75) is 13.0 Å². The molecule has 0 radical (unpaired) electrons. The lowest BCUT2D eigenvalue weighted by molar-refractivity contribution is -0.122. The molecule has 2 rings (SSSR count). The molecule has 0 unspecified atom stereocenters. The van der Waals surface area contributed by atoms with Crippen LogP contribution in [-0.4, -0.2) is 38.1 Å². The molecule has 1 amide bonds. The van der Waals surface area contributed by atoms with Gasteiger partial charge in [0, 0.05) is 27.8 Å². The van der Waals surface area contributed by atoms with E-state index in [1.54, 1.807) is 18.4 Å². The molecule has 0 fully saturated rings. The molecule has 1 heterocycles. The molecule has 0 aliphatic rings. The predicted octanol–water partition coefficient (Wildman–Crippen LogP) is 3.31. The molecule has 0 spiro atoms. The maximum Gasteiger partial charge on any atom is 0.234 e. The molecule has 4 nitrogen and oxygen atoms in total. The van der Waals surface area contributed by atoms with Crippen LogP contribution in [0.4, 0.5) is 0 Å². The van der Waals surface area contributed by atoms with Gasteiger partial charge in [-0.05, 0) is 53.2 Å². The monoisotopic (exact) mass is 396 g/mol. The topological polar surface area (TPSA) is 41.6 Å². The maximum absolute atomic E-state index is 12.0. The van der Waals surface area contributed by atoms with Gasteiger partial charge in [-0.25, -0.2) is 0 Å². The summed E-state index contributed by atoms with van der Waals surface area (Å²) in [6.45, 7) is 1.82. The lowest BCUT2D eigenvalue weighted by Gasteiger charge is -2.15. The number of nitrogens with zero attached hydrogens (tertiary/aromatic N) is 1. The fraction of sp³-hybridized carbons (Fsp3) is 0.353. The number of rotatable bonds is 8. The Morgan fingerprint density at radius 3 is 2.70 bits per heavy atom. The van der Waals surface area contributed by atoms with Gasteiger partial charge in [0.2, 0.25) is 5.91 Å². The lowest BCUT2D eigenvalue weighted by atomic mass is 10.1. The number of methoxy groups -OCH3 is 1. The third-order valence-corrected chi connectivity index (χ3v) is 5.04. The minimum Gasteiger partial charge on any atom is -0.497 e. The molecule has 0 saturated carbocycles. The van der Waals surface area contributed by atoms with E-state index in [4.69, 9.17) is 4.74 Å². The van der Waals surface area contributed by atoms with Gasteiger partial charge in [-0.2, -0.15) is 0 Å². The molecular weight excluding hydrogens is 376 g/mol. The number of carbonyl (C=O) groups excluding carboxylic acids is 1. The molecule has 2 aromatic rings. The number of hydrogen-bond acceptors (Lipinski definition) is 4. The van der Waals surface area contributed by atoms with Gasteiger partial charge in [-0.15, -0.1) is 11.3 Å². The molecule has 0 atom stereocenters. The van der Waals surface area contributed by atoms with E-state index < -0.39 is 0 Å². The van der Waals surface area contributed by atoms with Crippen LogP contribution >= 0.6 is 27.3 Å². The van der Waals surface area contributed by atoms with E-state index in [2.05, 4.69) is 32.7 Å². The first-order chi connectivity index (χ1) is 11.1. The van der Waals surface area contributed by atoms with Gasteiger partial charge in [0.1, 0.15) is 5.75 Å². The average Bonchev–Trinajstić information content (AvgIpc) is 2.92. The van der Waals surface area contributed by atoms with Gasteiger partial charge < -0.3 is 10.1 Å². The summed E-state index contributed by atoms with van der Waals surface area (Å²) in [6, 6.07) is 9.99. The highest BCUT2D eigenvalue weighted by Gasteiger charge is 2.08. The largest absolute Gasteiger partial charge is 0.497 e. The molecule has 6 heteroatoms. The zero-order chi connectivity index (χ0) is 16.7. The number of carbonyl (C=O) groups is 1. The fourth-order valence-electron chi connectivity index (χ4n) is 2.20. The van der Waals surface area contributed by atoms with Crippen LogP contribution in [0.5, 0.6) is 5.75 Å². The number of amides is 1. The number of halogens is 1. The van der Waals surface area contributed by atoms with E-state index in [1.807, 2.05) is 36.2 Å². The van der Waals surface area contributed by atoms with Crippen molar-refractivity contribution >= 4 is 33.2 Å². The number of thiophene rings is 1. The lowest BCUT2D eigenvalue weighted by Crippen LogP contribution is -2.35. The smallest absolute Gasteiger partial charge is 0.234 e. The van der Waals surface area contributed by atoms with E-state index in [0.29, 0.717) is 13.1 Å². The highest BCUT2D eigenvalue weighted by atomic mass is 79.9. The molecule has 0 saturated heterocycles. The second-order valence-electron chi connectivity index (χ2n) is 5.35. The first-order valence-electron chi connectivity index (χ1n) is 7.38. The zero-order valence-corrected chi connectivity index (χ0v) is 15.7. The predicted molar refractivity (Wildman–Crippen MR) is 98.1 cm³/mol. The SMILES string of the molecule is COc1ccc(CCNC(=O)CN(C)Cc2cc(Br)cs2)cc1. The fourth-order valence-corrected chi connectivity index (χ4v) is 3.73. The Morgan fingerprint density at radius 1 is 1.35 bits per heavy atom. The summed E-state index contributed by atoms with van der Waals surface area (Å²) in [4.78, 5) is 15.2. The summed E-state index contributed by atoms with van der Waals surface area (Å²) in [5, 5.41) is 5.02. The van der Waals surface area contributed by atoms with Crippen molar-refractivity contribution in [3.8, 4) is 5.75 Å². The van der Waals surface area contributed by atoms with Gasteiger partial charge in [0.05, 0.1) is 13.7 Å². The second kappa shape index (κ2) is 9.05. The summed E-state index contributed by atoms with van der Waals surface area (Å²) < 4.78 is 6.22. The molecule has 1 aromatic carbocycles. The highest BCUT2D eigenvalue weighted by Crippen LogP contribution is 2.20. The van der Waals surface area contributed by atoms with Crippen LogP contribution in [0.2, 0.25) is 0 Å². The Labute approximate surface area is 149 Å². The Balaban J connectivity index is 1.67. The second-order valence-corrected chi connectivity index (χ2v) is 7.26. The zero-order valence-electron chi connectivity index (χ0n) is 13.3. The number of hydrogen-bond donors (Lipinski definition) is 1. The van der Waals surface area contributed by atoms with Gasteiger partial charge in [0.25, 0.3) is 0 Å². The van der Waals surface area contributed by atoms with Gasteiger partial charge in [-0.1, -0.05) is 12.1 Å². The van der Waals surface area contributed by atoms with Crippen molar-refractivity contribution in [2.75, 3.05) is 27.2 Å². The molecule has 124 valence electrons. The van der Waals surface area contributed by atoms with Crippen LogP contribution in [0.3, 0.4) is 0 Å². The number of nitrogens with one attached hydrogen (secondary N) is 1. The van der Waals surface area contributed by atoms with E-state index in [-0.39, 0.29) is 5.91 Å². The summed E-state index contributed by atoms with van der Waals surface area (Å²) in [7, 11) is 3.61. The molecule has 0 aliphatic heterocycles. The number of ether oxygens (including phenoxy) is 1. The third-order valence-electron chi connectivity index (χ3n) is 3.36. The van der Waals surface area contributed by atoms with Gasteiger partial charge in [0.15, 0.2) is 0 Å². The third kappa shape index (κ3) is 6.33. The Morgan fingerprint density at radius 2 is 2.09 bits per heavy atom. The molecule has 1 N–H and O–H groups in total. The average molecular weight is 397 g/mol. The first kappa shape index (κ1) is 18.0. The van der Waals surface area contributed by atoms with Crippen LogP contribution in [0.25, 0.3) is 0 Å². The maximum atomic E-state index is 12.0. The van der Waals surface area contributed by atoms with E-state index >= 15 is 0 Å². The quantitative estimate of drug-likeness (QED) is 0.743. The van der Waals surface area contributed by atoms with Crippen molar-refractivity contribution in [3.63, 3.8) is 0 Å². The molecule has 0 bridgehead atoms. The van der Waals surface area contributed by atoms with E-state index in [1.165, 1.54) is 10.4 Å². The van der Waals surface area contributed by atoms with Crippen LogP contribution < -0.4 is 10.1 Å². The molecular formula is C17H21BrN2O2S. The Kier molecular flexibility index (Phi) is 7.08. The van der Waals surface area contributed by atoms with Crippen molar-refractivity contribution < 1.29 is 9.53 Å². The van der Waals surface area contributed by atoms with E-state index in [0.717, 1.165) is 23.2 Å². The van der Waals surface area contributed by atoms with Crippen molar-refractivity contribution in [1.82, 2.24) is 10.2 Å². The van der Waals surface area contributed by atoms with E-state index in [9.17, 15) is 4.79 Å². The highest BCUT2D eigenvalue weighted by molar-refractivity contribution is 9.10. The van der Waals surface area contributed by atoms with Crippen molar-refractivity contribution in [1.29, 1.82) is 0 Å². The van der Waals surface area contributed by atoms with Gasteiger partial charge in [-0.3, -0.25) is 9.69 Å². The summed E-state index contributed by atoms with van der Waals surface area (Å²) >= 11 is 5.14. The normalized spacial score (nSPS) is 10.8. The van der Waals surface area contributed by atoms with Crippen LogP contribution in [-0.2, 0) is 17.8 Å². The summed E-state index contributed by atoms with van der Waals surface area (Å²) in [5.41, 5.74) is 1.18. The molecule has 1 aromatic heterocycles. The minimum absolute atomic E-state index is 0.0524. The Hall–Kier alpha value is -1.37. The molecule has 23 heavy (non-hydrogen) atoms.